The van der Waals surface area contributed by atoms with Crippen LogP contribution in [-0.4, -0.2) is 74.5 Å². The zero-order valence-corrected chi connectivity index (χ0v) is 18.6. The third-order valence-electron chi connectivity index (χ3n) is 4.21. The van der Waals surface area contributed by atoms with Gasteiger partial charge in [-0.25, -0.2) is 19.0 Å². The first-order chi connectivity index (χ1) is 16.0. The van der Waals surface area contributed by atoms with E-state index in [1.165, 1.54) is 12.1 Å². The molecular weight excluding hydrogens is 493 g/mol. The van der Waals surface area contributed by atoms with Gasteiger partial charge in [-0.2, -0.15) is 26.3 Å². The standard InChI is InChI=1S/C16H21FN4.2C2HF3O2/c1-19(2)10-15-11-21-8-7-20(12-16(21)18-15)9-13-3-5-14(17)6-4-13;2*3-2(4,5)1(6)7/h3-6,11H,7-10,12H2,1-2H3;2*(H,6,7). The second-order valence-corrected chi connectivity index (χ2v) is 7.52. The van der Waals surface area contributed by atoms with E-state index >= 15 is 0 Å². The van der Waals surface area contributed by atoms with Crippen LogP contribution in [0, 0.1) is 5.82 Å². The van der Waals surface area contributed by atoms with E-state index in [0.29, 0.717) is 0 Å². The molecule has 0 saturated heterocycles. The van der Waals surface area contributed by atoms with Crippen molar-refractivity contribution in [1.29, 1.82) is 0 Å². The lowest BCUT2D eigenvalue weighted by Gasteiger charge is -2.27. The first kappa shape index (κ1) is 29.8. The topological polar surface area (TPSA) is 98.9 Å². The van der Waals surface area contributed by atoms with Gasteiger partial charge in [0.15, 0.2) is 0 Å². The van der Waals surface area contributed by atoms with Crippen molar-refractivity contribution in [2.45, 2.75) is 38.5 Å². The Morgan fingerprint density at radius 1 is 0.971 bits per heavy atom. The Hall–Kier alpha value is -3.20. The largest absolute Gasteiger partial charge is 0.490 e. The van der Waals surface area contributed by atoms with E-state index in [0.717, 1.165) is 49.8 Å². The van der Waals surface area contributed by atoms with Crippen LogP contribution in [0.3, 0.4) is 0 Å². The van der Waals surface area contributed by atoms with Gasteiger partial charge in [-0.1, -0.05) is 12.1 Å². The highest BCUT2D eigenvalue weighted by Gasteiger charge is 2.38. The molecule has 1 aliphatic rings. The highest BCUT2D eigenvalue weighted by Crippen LogP contribution is 2.17. The zero-order valence-electron chi connectivity index (χ0n) is 18.6. The van der Waals surface area contributed by atoms with E-state index in [1.54, 1.807) is 0 Å². The van der Waals surface area contributed by atoms with Gasteiger partial charge in [-0.3, -0.25) is 4.90 Å². The lowest BCUT2D eigenvalue weighted by molar-refractivity contribution is -0.193. The van der Waals surface area contributed by atoms with E-state index < -0.39 is 24.3 Å². The predicted molar refractivity (Wildman–Crippen MR) is 108 cm³/mol. The molecule has 3 rings (SSSR count). The lowest BCUT2D eigenvalue weighted by atomic mass is 10.2. The molecule has 0 radical (unpaired) electrons. The summed E-state index contributed by atoms with van der Waals surface area (Å²) in [5.41, 5.74) is 2.27. The van der Waals surface area contributed by atoms with E-state index in [9.17, 15) is 30.7 Å². The number of alkyl halides is 6. The summed E-state index contributed by atoms with van der Waals surface area (Å²) in [4.78, 5) is 27.0. The van der Waals surface area contributed by atoms with Gasteiger partial charge in [0, 0.05) is 32.4 Å². The Bertz CT molecular complexity index is 949. The minimum Gasteiger partial charge on any atom is -0.475 e. The van der Waals surface area contributed by atoms with Crippen LogP contribution in [0.5, 0.6) is 0 Å². The maximum Gasteiger partial charge on any atom is 0.490 e. The number of carbonyl (C=O) groups is 2. The third-order valence-corrected chi connectivity index (χ3v) is 4.21. The van der Waals surface area contributed by atoms with Crippen LogP contribution in [0.4, 0.5) is 30.7 Å². The molecule has 0 bridgehead atoms. The van der Waals surface area contributed by atoms with E-state index in [1.807, 2.05) is 12.1 Å². The molecular formula is C20H23F7N4O4. The SMILES string of the molecule is CN(C)Cc1cn2c(n1)CN(Cc1ccc(F)cc1)CC2.O=C(O)C(F)(F)F.O=C(O)C(F)(F)F. The number of imidazole rings is 1. The van der Waals surface area contributed by atoms with Crippen molar-refractivity contribution in [1.82, 2.24) is 19.4 Å². The maximum absolute atomic E-state index is 12.9. The molecule has 1 aromatic carbocycles. The molecule has 196 valence electrons. The summed E-state index contributed by atoms with van der Waals surface area (Å²) in [6, 6.07) is 6.76. The molecule has 15 heteroatoms. The Kier molecular flexibility index (Phi) is 10.6. The van der Waals surface area contributed by atoms with Crippen molar-refractivity contribution >= 4 is 11.9 Å². The molecule has 1 aliphatic heterocycles. The molecule has 0 fully saturated rings. The molecule has 0 amide bonds. The number of nitrogens with zero attached hydrogens (tertiary/aromatic N) is 4. The van der Waals surface area contributed by atoms with Crippen LogP contribution >= 0.6 is 0 Å². The molecule has 8 nitrogen and oxygen atoms in total. The number of aromatic nitrogens is 2. The second kappa shape index (κ2) is 12.5. The van der Waals surface area contributed by atoms with E-state index in [4.69, 9.17) is 24.8 Å². The maximum atomic E-state index is 12.9. The number of aliphatic carboxylic acids is 2. The van der Waals surface area contributed by atoms with E-state index in [-0.39, 0.29) is 5.82 Å². The quantitative estimate of drug-likeness (QED) is 0.602. The Morgan fingerprint density at radius 3 is 1.89 bits per heavy atom. The van der Waals surface area contributed by atoms with Crippen molar-refractivity contribution in [2.24, 2.45) is 0 Å². The first-order valence-electron chi connectivity index (χ1n) is 9.75. The average Bonchev–Trinajstić information content (AvgIpc) is 3.10. The fourth-order valence-corrected chi connectivity index (χ4v) is 2.74. The fraction of sp³-hybridized carbons (Fsp3) is 0.450. The average molecular weight is 516 g/mol. The molecule has 2 heterocycles. The number of hydrogen-bond donors (Lipinski definition) is 2. The van der Waals surface area contributed by atoms with Gasteiger partial charge in [0.1, 0.15) is 11.6 Å². The lowest BCUT2D eigenvalue weighted by Crippen LogP contribution is -2.33. The minimum atomic E-state index is -5.08. The summed E-state index contributed by atoms with van der Waals surface area (Å²) in [5.74, 6) is -4.57. The smallest absolute Gasteiger partial charge is 0.475 e. The Morgan fingerprint density at radius 2 is 1.46 bits per heavy atom. The normalized spacial score (nSPS) is 13.8. The zero-order chi connectivity index (χ0) is 27.0. The highest BCUT2D eigenvalue weighted by molar-refractivity contribution is 5.73. The van der Waals surface area contributed by atoms with Gasteiger partial charge in [-0.05, 0) is 31.8 Å². The highest BCUT2D eigenvalue weighted by atomic mass is 19.4. The van der Waals surface area contributed by atoms with Crippen LogP contribution in [0.2, 0.25) is 0 Å². The van der Waals surface area contributed by atoms with Crippen molar-refractivity contribution in [3.05, 3.63) is 53.4 Å². The van der Waals surface area contributed by atoms with Crippen LogP contribution < -0.4 is 0 Å². The second-order valence-electron chi connectivity index (χ2n) is 7.52. The Balaban J connectivity index is 0.000000362. The van der Waals surface area contributed by atoms with Crippen LogP contribution in [0.15, 0.2) is 30.5 Å². The van der Waals surface area contributed by atoms with Gasteiger partial charge in [0.25, 0.3) is 0 Å². The summed E-state index contributed by atoms with van der Waals surface area (Å²) in [6.45, 7) is 4.54. The van der Waals surface area contributed by atoms with Gasteiger partial charge < -0.3 is 19.7 Å². The number of carboxylic acid groups (broad SMARTS) is 2. The summed E-state index contributed by atoms with van der Waals surface area (Å²) in [6.07, 6.45) is -8.01. The molecule has 0 saturated carbocycles. The molecule has 0 atom stereocenters. The summed E-state index contributed by atoms with van der Waals surface area (Å²) in [7, 11) is 4.11. The van der Waals surface area contributed by atoms with Crippen molar-refractivity contribution < 1.29 is 50.5 Å². The van der Waals surface area contributed by atoms with Crippen molar-refractivity contribution in [3.63, 3.8) is 0 Å². The number of fused-ring (bicyclic) bond motifs is 1. The number of halogens is 7. The van der Waals surface area contributed by atoms with Gasteiger partial charge in [0.05, 0.1) is 12.2 Å². The van der Waals surface area contributed by atoms with Crippen molar-refractivity contribution in [2.75, 3.05) is 20.6 Å². The molecule has 0 aliphatic carbocycles. The number of benzene rings is 1. The first-order valence-corrected chi connectivity index (χ1v) is 9.75. The van der Waals surface area contributed by atoms with Crippen LogP contribution in [0.1, 0.15) is 17.1 Å². The molecule has 2 N–H and O–H groups in total. The Labute approximate surface area is 195 Å². The monoisotopic (exact) mass is 516 g/mol. The number of carboxylic acids is 2. The summed E-state index contributed by atoms with van der Waals surface area (Å²) >= 11 is 0. The van der Waals surface area contributed by atoms with E-state index in [2.05, 4.69) is 34.7 Å². The summed E-state index contributed by atoms with van der Waals surface area (Å²) < 4.78 is 78.7. The third kappa shape index (κ3) is 11.2. The number of hydrogen-bond acceptors (Lipinski definition) is 5. The van der Waals surface area contributed by atoms with Gasteiger partial charge in [-0.15, -0.1) is 0 Å². The predicted octanol–water partition coefficient (Wildman–Crippen LogP) is 3.37. The molecule has 0 unspecified atom stereocenters. The molecule has 35 heavy (non-hydrogen) atoms. The van der Waals surface area contributed by atoms with Gasteiger partial charge in [0.2, 0.25) is 0 Å². The molecule has 0 spiro atoms. The van der Waals surface area contributed by atoms with Crippen molar-refractivity contribution in [3.8, 4) is 0 Å². The summed E-state index contributed by atoms with van der Waals surface area (Å²) in [5, 5.41) is 14.2. The van der Waals surface area contributed by atoms with Crippen LogP contribution in [0.25, 0.3) is 0 Å². The van der Waals surface area contributed by atoms with Crippen LogP contribution in [-0.2, 0) is 35.8 Å². The van der Waals surface area contributed by atoms with Gasteiger partial charge >= 0.3 is 24.3 Å². The number of rotatable bonds is 4. The molecule has 1 aromatic heterocycles. The molecule has 2 aromatic rings. The fourth-order valence-electron chi connectivity index (χ4n) is 2.74. The minimum absolute atomic E-state index is 0.179.